The molecule has 0 N–H and O–H groups in total. The van der Waals surface area contributed by atoms with Crippen LogP contribution in [0.25, 0.3) is 0 Å². The zero-order valence-electron chi connectivity index (χ0n) is 12.3. The third kappa shape index (κ3) is 3.97. The first-order chi connectivity index (χ1) is 9.40. The lowest BCUT2D eigenvalue weighted by atomic mass is 10.1. The van der Waals surface area contributed by atoms with Gasteiger partial charge in [-0.05, 0) is 45.9 Å². The predicted octanol–water partition coefficient (Wildman–Crippen LogP) is 3.18. The van der Waals surface area contributed by atoms with Gasteiger partial charge in [-0.2, -0.15) is 0 Å². The summed E-state index contributed by atoms with van der Waals surface area (Å²) in [6, 6.07) is 4.80. The molecule has 1 rings (SSSR count). The number of hydrogen-bond acceptors (Lipinski definition) is 3. The van der Waals surface area contributed by atoms with Crippen LogP contribution in [0.1, 0.15) is 38.1 Å². The Hall–Kier alpha value is -1.55. The van der Waals surface area contributed by atoms with Gasteiger partial charge in [0.1, 0.15) is 5.75 Å². The molecule has 110 valence electrons. The molecule has 0 bridgehead atoms. The molecule has 0 heterocycles. The molecule has 1 unspecified atom stereocenters. The van der Waals surface area contributed by atoms with Crippen molar-refractivity contribution in [1.82, 2.24) is 4.90 Å². The summed E-state index contributed by atoms with van der Waals surface area (Å²) in [5.74, 6) is 0.261. The van der Waals surface area contributed by atoms with Crippen molar-refractivity contribution >= 4 is 23.3 Å². The van der Waals surface area contributed by atoms with Gasteiger partial charge in [0.05, 0.1) is 5.02 Å². The molecular formula is C15H20ClNO3. The van der Waals surface area contributed by atoms with E-state index in [2.05, 4.69) is 0 Å². The molecule has 4 nitrogen and oxygen atoms in total. The highest BCUT2D eigenvalue weighted by molar-refractivity contribution is 6.32. The number of ketones is 1. The number of hydrogen-bond donors (Lipinski definition) is 0. The minimum Gasteiger partial charge on any atom is -0.479 e. The maximum Gasteiger partial charge on any atom is 0.263 e. The average molecular weight is 298 g/mol. The van der Waals surface area contributed by atoms with Gasteiger partial charge in [-0.3, -0.25) is 9.59 Å². The van der Waals surface area contributed by atoms with E-state index in [1.165, 1.54) is 6.92 Å². The summed E-state index contributed by atoms with van der Waals surface area (Å²) < 4.78 is 5.59. The fourth-order valence-electron chi connectivity index (χ4n) is 1.85. The van der Waals surface area contributed by atoms with E-state index in [0.717, 1.165) is 0 Å². The van der Waals surface area contributed by atoms with Crippen LogP contribution in [0, 0.1) is 0 Å². The van der Waals surface area contributed by atoms with Crippen molar-refractivity contribution < 1.29 is 14.3 Å². The summed E-state index contributed by atoms with van der Waals surface area (Å²) in [4.78, 5) is 25.0. The maximum absolute atomic E-state index is 12.1. The molecule has 20 heavy (non-hydrogen) atoms. The Morgan fingerprint density at radius 2 is 1.90 bits per heavy atom. The molecule has 1 aromatic rings. The van der Waals surface area contributed by atoms with E-state index in [9.17, 15) is 9.59 Å². The largest absolute Gasteiger partial charge is 0.479 e. The topological polar surface area (TPSA) is 46.6 Å². The van der Waals surface area contributed by atoms with Crippen LogP contribution in [0.15, 0.2) is 18.2 Å². The summed E-state index contributed by atoms with van der Waals surface area (Å²) in [5, 5.41) is 0.330. The minimum absolute atomic E-state index is 0.0642. The molecule has 0 aromatic heterocycles. The van der Waals surface area contributed by atoms with E-state index >= 15 is 0 Å². The third-order valence-electron chi connectivity index (χ3n) is 3.07. The Balaban J connectivity index is 2.83. The number of likely N-dealkylation sites (N-methyl/N-ethyl adjacent to an activating group) is 1. The zero-order chi connectivity index (χ0) is 15.3. The Morgan fingerprint density at radius 1 is 1.30 bits per heavy atom. The van der Waals surface area contributed by atoms with Gasteiger partial charge in [0.2, 0.25) is 0 Å². The van der Waals surface area contributed by atoms with Crippen LogP contribution in [0.3, 0.4) is 0 Å². The Kier molecular flexibility index (Phi) is 6.02. The van der Waals surface area contributed by atoms with Gasteiger partial charge >= 0.3 is 0 Å². The number of ether oxygens (including phenoxy) is 1. The number of amides is 1. The average Bonchev–Trinajstić information content (AvgIpc) is 2.41. The first-order valence-electron chi connectivity index (χ1n) is 6.66. The highest BCUT2D eigenvalue weighted by atomic mass is 35.5. The molecule has 1 atom stereocenters. The summed E-state index contributed by atoms with van der Waals surface area (Å²) >= 11 is 6.07. The lowest BCUT2D eigenvalue weighted by Gasteiger charge is -2.23. The number of benzene rings is 1. The predicted molar refractivity (Wildman–Crippen MR) is 79.5 cm³/mol. The zero-order valence-corrected chi connectivity index (χ0v) is 13.0. The van der Waals surface area contributed by atoms with Crippen LogP contribution in [0.5, 0.6) is 5.75 Å². The molecule has 0 aliphatic carbocycles. The Bertz CT molecular complexity index is 498. The Labute approximate surface area is 124 Å². The van der Waals surface area contributed by atoms with Crippen molar-refractivity contribution in [1.29, 1.82) is 0 Å². The van der Waals surface area contributed by atoms with Gasteiger partial charge in [-0.15, -0.1) is 0 Å². The van der Waals surface area contributed by atoms with Crippen LogP contribution in [-0.4, -0.2) is 35.8 Å². The van der Waals surface area contributed by atoms with Crippen LogP contribution >= 0.6 is 11.6 Å². The molecule has 0 aliphatic heterocycles. The summed E-state index contributed by atoms with van der Waals surface area (Å²) in [5.41, 5.74) is 0.519. The van der Waals surface area contributed by atoms with E-state index in [0.29, 0.717) is 29.4 Å². The molecule has 1 amide bonds. The molecule has 0 radical (unpaired) electrons. The SMILES string of the molecule is CCN(CC)C(=O)C(C)Oc1ccc(C(C)=O)cc1Cl. The molecule has 0 saturated heterocycles. The number of Topliss-reactive ketones (excluding diaryl/α,β-unsaturated/α-hetero) is 1. The highest BCUT2D eigenvalue weighted by Crippen LogP contribution is 2.26. The number of carbonyl (C=O) groups is 2. The van der Waals surface area contributed by atoms with Gasteiger partial charge < -0.3 is 9.64 Å². The monoisotopic (exact) mass is 297 g/mol. The van der Waals surface area contributed by atoms with Crippen molar-refractivity contribution in [3.8, 4) is 5.75 Å². The van der Waals surface area contributed by atoms with Gasteiger partial charge in [-0.25, -0.2) is 0 Å². The summed E-state index contributed by atoms with van der Waals surface area (Å²) in [6.07, 6.45) is -0.615. The molecule has 0 fully saturated rings. The first kappa shape index (κ1) is 16.5. The van der Waals surface area contributed by atoms with E-state index in [-0.39, 0.29) is 11.7 Å². The Morgan fingerprint density at radius 3 is 2.35 bits per heavy atom. The maximum atomic E-state index is 12.1. The smallest absolute Gasteiger partial charge is 0.263 e. The highest BCUT2D eigenvalue weighted by Gasteiger charge is 2.20. The van der Waals surface area contributed by atoms with Crippen LogP contribution in [0.4, 0.5) is 0 Å². The fourth-order valence-corrected chi connectivity index (χ4v) is 2.07. The number of nitrogens with zero attached hydrogens (tertiary/aromatic N) is 1. The standard InChI is InChI=1S/C15H20ClNO3/c1-5-17(6-2)15(19)11(4)20-14-8-7-12(10(3)18)9-13(14)16/h7-9,11H,5-6H2,1-4H3. The number of halogens is 1. The molecule has 0 saturated carbocycles. The van der Waals surface area contributed by atoms with Crippen LogP contribution in [0.2, 0.25) is 5.02 Å². The normalized spacial score (nSPS) is 11.8. The minimum atomic E-state index is -0.615. The molecule has 0 aliphatic rings. The van der Waals surface area contributed by atoms with Crippen molar-refractivity contribution in [2.75, 3.05) is 13.1 Å². The van der Waals surface area contributed by atoms with Gasteiger partial charge in [0.25, 0.3) is 5.91 Å². The summed E-state index contributed by atoms with van der Waals surface area (Å²) in [6.45, 7) is 8.28. The molecule has 0 spiro atoms. The second-order valence-electron chi connectivity index (χ2n) is 4.47. The molecule has 5 heteroatoms. The summed E-state index contributed by atoms with van der Waals surface area (Å²) in [7, 11) is 0. The van der Waals surface area contributed by atoms with Gasteiger partial charge in [0.15, 0.2) is 11.9 Å². The lowest BCUT2D eigenvalue weighted by Crippen LogP contribution is -2.40. The quantitative estimate of drug-likeness (QED) is 0.758. The lowest BCUT2D eigenvalue weighted by molar-refractivity contribution is -0.137. The number of carbonyl (C=O) groups excluding carboxylic acids is 2. The van der Waals surface area contributed by atoms with Crippen LogP contribution < -0.4 is 4.74 Å². The first-order valence-corrected chi connectivity index (χ1v) is 7.04. The van der Waals surface area contributed by atoms with E-state index < -0.39 is 6.10 Å². The van der Waals surface area contributed by atoms with Gasteiger partial charge in [-0.1, -0.05) is 11.6 Å². The van der Waals surface area contributed by atoms with Crippen molar-refractivity contribution in [3.05, 3.63) is 28.8 Å². The van der Waals surface area contributed by atoms with E-state index in [4.69, 9.17) is 16.3 Å². The van der Waals surface area contributed by atoms with Crippen molar-refractivity contribution in [2.24, 2.45) is 0 Å². The second kappa shape index (κ2) is 7.29. The van der Waals surface area contributed by atoms with E-state index in [1.54, 1.807) is 30.0 Å². The van der Waals surface area contributed by atoms with Gasteiger partial charge in [0, 0.05) is 18.7 Å². The molecule has 1 aromatic carbocycles. The molecular weight excluding hydrogens is 278 g/mol. The third-order valence-corrected chi connectivity index (χ3v) is 3.36. The van der Waals surface area contributed by atoms with Crippen molar-refractivity contribution in [3.63, 3.8) is 0 Å². The van der Waals surface area contributed by atoms with Crippen molar-refractivity contribution in [2.45, 2.75) is 33.8 Å². The second-order valence-corrected chi connectivity index (χ2v) is 4.88. The van der Waals surface area contributed by atoms with E-state index in [1.807, 2.05) is 13.8 Å². The number of rotatable bonds is 6. The van der Waals surface area contributed by atoms with Crippen LogP contribution in [-0.2, 0) is 4.79 Å². The fraction of sp³-hybridized carbons (Fsp3) is 0.467.